The second-order valence-electron chi connectivity index (χ2n) is 3.71. The van der Waals surface area contributed by atoms with Crippen molar-refractivity contribution in [3.8, 4) is 0 Å². The summed E-state index contributed by atoms with van der Waals surface area (Å²) < 4.78 is 0. The van der Waals surface area contributed by atoms with E-state index >= 15 is 0 Å². The maximum absolute atomic E-state index is 11.7. The summed E-state index contributed by atoms with van der Waals surface area (Å²) in [4.78, 5) is 27.2. The van der Waals surface area contributed by atoms with Crippen LogP contribution in [0.5, 0.6) is 0 Å². The van der Waals surface area contributed by atoms with Crippen LogP contribution in [-0.4, -0.2) is 29.4 Å². The molecule has 0 bridgehead atoms. The van der Waals surface area contributed by atoms with E-state index in [2.05, 4.69) is 15.6 Å². The first-order valence-electron chi connectivity index (χ1n) is 5.17. The van der Waals surface area contributed by atoms with Gasteiger partial charge in [0.15, 0.2) is 0 Å². The largest absolute Gasteiger partial charge is 0.354 e. The first-order valence-corrected chi connectivity index (χ1v) is 6.05. The van der Waals surface area contributed by atoms with E-state index in [1.165, 1.54) is 11.3 Å². The standard InChI is InChI=1S/C10H13N3O2S/c1-6-12-8(5-16-6)10(15)13-7-3-2-4-11-9(7)14/h5,7H,2-4H2,1H3,(H,11,14)(H,13,15). The Morgan fingerprint density at radius 1 is 1.69 bits per heavy atom. The number of carbonyl (C=O) groups excluding carboxylic acids is 2. The van der Waals surface area contributed by atoms with Crippen molar-refractivity contribution < 1.29 is 9.59 Å². The van der Waals surface area contributed by atoms with E-state index in [-0.39, 0.29) is 11.8 Å². The molecule has 1 atom stereocenters. The van der Waals surface area contributed by atoms with Crippen LogP contribution in [0.3, 0.4) is 0 Å². The zero-order valence-corrected chi connectivity index (χ0v) is 9.76. The third-order valence-corrected chi connectivity index (χ3v) is 3.22. The highest BCUT2D eigenvalue weighted by Crippen LogP contribution is 2.09. The van der Waals surface area contributed by atoms with Gasteiger partial charge in [-0.3, -0.25) is 9.59 Å². The highest BCUT2D eigenvalue weighted by Gasteiger charge is 2.24. The maximum atomic E-state index is 11.7. The average molecular weight is 239 g/mol. The summed E-state index contributed by atoms with van der Waals surface area (Å²) in [6.07, 6.45) is 1.59. The van der Waals surface area contributed by atoms with Gasteiger partial charge in [-0.05, 0) is 19.8 Å². The Morgan fingerprint density at radius 3 is 3.12 bits per heavy atom. The molecule has 5 nitrogen and oxygen atoms in total. The molecule has 1 aromatic rings. The summed E-state index contributed by atoms with van der Waals surface area (Å²) in [6, 6.07) is -0.414. The van der Waals surface area contributed by atoms with Crippen molar-refractivity contribution in [1.29, 1.82) is 0 Å². The second-order valence-corrected chi connectivity index (χ2v) is 4.77. The number of piperidine rings is 1. The molecule has 1 aliphatic rings. The number of aryl methyl sites for hydroxylation is 1. The van der Waals surface area contributed by atoms with Crippen LogP contribution < -0.4 is 10.6 Å². The molecule has 2 rings (SSSR count). The number of carbonyl (C=O) groups is 2. The number of nitrogens with zero attached hydrogens (tertiary/aromatic N) is 1. The van der Waals surface area contributed by atoms with E-state index in [9.17, 15) is 9.59 Å². The fourth-order valence-electron chi connectivity index (χ4n) is 1.61. The quantitative estimate of drug-likeness (QED) is 0.787. The van der Waals surface area contributed by atoms with Crippen LogP contribution in [0.25, 0.3) is 0 Å². The number of hydrogen-bond acceptors (Lipinski definition) is 4. The van der Waals surface area contributed by atoms with Crippen molar-refractivity contribution in [2.45, 2.75) is 25.8 Å². The van der Waals surface area contributed by atoms with Gasteiger partial charge in [0.25, 0.3) is 5.91 Å². The molecule has 1 aliphatic heterocycles. The minimum Gasteiger partial charge on any atom is -0.354 e. The summed E-state index contributed by atoms with van der Waals surface area (Å²) in [5, 5.41) is 7.96. The lowest BCUT2D eigenvalue weighted by atomic mass is 10.1. The van der Waals surface area contributed by atoms with Gasteiger partial charge < -0.3 is 10.6 Å². The van der Waals surface area contributed by atoms with Gasteiger partial charge >= 0.3 is 0 Å². The van der Waals surface area contributed by atoms with E-state index in [1.54, 1.807) is 5.38 Å². The van der Waals surface area contributed by atoms with Crippen molar-refractivity contribution >= 4 is 23.2 Å². The Bertz CT molecular complexity index is 416. The number of aromatic nitrogens is 1. The summed E-state index contributed by atoms with van der Waals surface area (Å²) in [5.74, 6) is -0.377. The Balaban J connectivity index is 1.99. The second kappa shape index (κ2) is 4.61. The summed E-state index contributed by atoms with van der Waals surface area (Å²) in [5.41, 5.74) is 0.390. The fraction of sp³-hybridized carbons (Fsp3) is 0.500. The van der Waals surface area contributed by atoms with Gasteiger partial charge in [-0.25, -0.2) is 4.98 Å². The summed E-state index contributed by atoms with van der Waals surface area (Å²) in [7, 11) is 0. The lowest BCUT2D eigenvalue weighted by Gasteiger charge is -2.22. The molecule has 1 saturated heterocycles. The Labute approximate surface area is 97.3 Å². The van der Waals surface area contributed by atoms with Crippen LogP contribution in [0.2, 0.25) is 0 Å². The molecular formula is C10H13N3O2S. The molecule has 0 radical (unpaired) electrons. The number of amides is 2. The molecule has 6 heteroatoms. The Morgan fingerprint density at radius 2 is 2.50 bits per heavy atom. The molecule has 2 amide bonds. The molecule has 16 heavy (non-hydrogen) atoms. The van der Waals surface area contributed by atoms with Crippen LogP contribution >= 0.6 is 11.3 Å². The van der Waals surface area contributed by atoms with E-state index < -0.39 is 6.04 Å². The molecule has 0 saturated carbocycles. The van der Waals surface area contributed by atoms with Crippen LogP contribution in [0.15, 0.2) is 5.38 Å². The van der Waals surface area contributed by atoms with Gasteiger partial charge in [-0.15, -0.1) is 11.3 Å². The van der Waals surface area contributed by atoms with Gasteiger partial charge in [0.05, 0.1) is 5.01 Å². The number of hydrogen-bond donors (Lipinski definition) is 2. The van der Waals surface area contributed by atoms with Gasteiger partial charge in [0.1, 0.15) is 11.7 Å². The monoisotopic (exact) mass is 239 g/mol. The SMILES string of the molecule is Cc1nc(C(=O)NC2CCCNC2=O)cs1. The molecular weight excluding hydrogens is 226 g/mol. The summed E-state index contributed by atoms with van der Waals surface area (Å²) >= 11 is 1.42. The van der Waals surface area contributed by atoms with Crippen molar-refractivity contribution in [1.82, 2.24) is 15.6 Å². The van der Waals surface area contributed by atoms with Gasteiger partial charge in [-0.1, -0.05) is 0 Å². The molecule has 86 valence electrons. The number of thiazole rings is 1. The van der Waals surface area contributed by atoms with E-state index in [1.807, 2.05) is 6.92 Å². The third-order valence-electron chi connectivity index (χ3n) is 2.44. The highest BCUT2D eigenvalue weighted by atomic mass is 32.1. The van der Waals surface area contributed by atoms with Crippen LogP contribution in [0, 0.1) is 6.92 Å². The van der Waals surface area contributed by atoms with E-state index in [0.29, 0.717) is 18.7 Å². The number of rotatable bonds is 2. The molecule has 1 unspecified atom stereocenters. The van der Waals surface area contributed by atoms with Crippen LogP contribution in [0.1, 0.15) is 28.3 Å². The molecule has 0 spiro atoms. The van der Waals surface area contributed by atoms with Gasteiger partial charge in [0.2, 0.25) is 5.91 Å². The van der Waals surface area contributed by atoms with Crippen molar-refractivity contribution in [2.75, 3.05) is 6.54 Å². The minimum absolute atomic E-state index is 0.105. The lowest BCUT2D eigenvalue weighted by molar-refractivity contribution is -0.124. The Kier molecular flexibility index (Phi) is 3.19. The number of nitrogens with one attached hydrogen (secondary N) is 2. The van der Waals surface area contributed by atoms with E-state index in [0.717, 1.165) is 11.4 Å². The highest BCUT2D eigenvalue weighted by molar-refractivity contribution is 7.09. The molecule has 2 N–H and O–H groups in total. The molecule has 0 aliphatic carbocycles. The lowest BCUT2D eigenvalue weighted by Crippen LogP contribution is -2.50. The topological polar surface area (TPSA) is 71.1 Å². The van der Waals surface area contributed by atoms with Crippen LogP contribution in [0.4, 0.5) is 0 Å². The average Bonchev–Trinajstić information content (AvgIpc) is 2.68. The normalized spacial score (nSPS) is 20.3. The van der Waals surface area contributed by atoms with Crippen molar-refractivity contribution in [3.63, 3.8) is 0 Å². The molecule has 2 heterocycles. The maximum Gasteiger partial charge on any atom is 0.271 e. The summed E-state index contributed by atoms with van der Waals surface area (Å²) in [6.45, 7) is 2.54. The zero-order valence-electron chi connectivity index (χ0n) is 8.95. The van der Waals surface area contributed by atoms with Crippen LogP contribution in [-0.2, 0) is 4.79 Å². The van der Waals surface area contributed by atoms with Crippen molar-refractivity contribution in [2.24, 2.45) is 0 Å². The fourth-order valence-corrected chi connectivity index (χ4v) is 2.20. The first kappa shape index (κ1) is 11.1. The third kappa shape index (κ3) is 2.38. The molecule has 0 aromatic carbocycles. The van der Waals surface area contributed by atoms with Gasteiger partial charge in [-0.2, -0.15) is 0 Å². The minimum atomic E-state index is -0.414. The molecule has 1 fully saturated rings. The smallest absolute Gasteiger partial charge is 0.271 e. The first-order chi connectivity index (χ1) is 7.66. The zero-order chi connectivity index (χ0) is 11.5. The Hall–Kier alpha value is -1.43. The predicted molar refractivity (Wildman–Crippen MR) is 60.3 cm³/mol. The predicted octanol–water partition coefficient (Wildman–Crippen LogP) is 0.460. The van der Waals surface area contributed by atoms with Crippen molar-refractivity contribution in [3.05, 3.63) is 16.1 Å². The van der Waals surface area contributed by atoms with E-state index in [4.69, 9.17) is 0 Å². The van der Waals surface area contributed by atoms with Gasteiger partial charge in [0, 0.05) is 11.9 Å². The molecule has 1 aromatic heterocycles.